The number of allylic oxidation sites excluding steroid dienone is 1. The number of hydrogen-bond acceptors (Lipinski definition) is 4. The average Bonchev–Trinajstić information content (AvgIpc) is 2.09. The normalized spacial score (nSPS) is 12.2. The lowest BCUT2D eigenvalue weighted by atomic mass is 10.3. The Kier molecular flexibility index (Phi) is 4.60. The van der Waals surface area contributed by atoms with Crippen LogP contribution >= 0.6 is 0 Å². The number of carbonyl (C=O) groups is 1. The highest BCUT2D eigenvalue weighted by Crippen LogP contribution is 1.95. The molecule has 5 heteroatoms. The van der Waals surface area contributed by atoms with Crippen molar-refractivity contribution in [1.29, 1.82) is 0 Å². The summed E-state index contributed by atoms with van der Waals surface area (Å²) in [6.07, 6.45) is 2.62. The Morgan fingerprint density at radius 3 is 2.77 bits per heavy atom. The Bertz CT molecular complexity index is 237. The summed E-state index contributed by atoms with van der Waals surface area (Å²) in [4.78, 5) is 20.4. The lowest BCUT2D eigenvalue weighted by Crippen LogP contribution is -2.15. The van der Waals surface area contributed by atoms with E-state index < -0.39 is 16.4 Å². The molecule has 1 N–H and O–H groups in total. The van der Waals surface area contributed by atoms with Crippen LogP contribution in [0.1, 0.15) is 26.7 Å². The first-order valence-corrected chi connectivity index (χ1v) is 4.11. The van der Waals surface area contributed by atoms with Crippen molar-refractivity contribution < 1.29 is 11.1 Å². The molecule has 0 rings (SSSR count). The predicted octanol–water partition coefficient (Wildman–Crippen LogP) is 1.08. The summed E-state index contributed by atoms with van der Waals surface area (Å²) in [5.41, 5.74) is -0.545. The van der Waals surface area contributed by atoms with Crippen molar-refractivity contribution in [1.82, 2.24) is 5.31 Å². The van der Waals surface area contributed by atoms with E-state index in [1.54, 1.807) is 0 Å². The van der Waals surface area contributed by atoms with Crippen molar-refractivity contribution in [3.05, 3.63) is 22.0 Å². The number of carbonyl (C=O) groups excluding carboxylic acids is 1. The van der Waals surface area contributed by atoms with Crippen LogP contribution in [-0.2, 0) is 4.79 Å². The molecule has 0 atom stereocenters. The van der Waals surface area contributed by atoms with Gasteiger partial charge in [0.15, 0.2) is 1.41 Å². The van der Waals surface area contributed by atoms with Crippen LogP contribution in [-0.4, -0.2) is 17.3 Å². The van der Waals surface area contributed by atoms with Crippen molar-refractivity contribution in [3.63, 3.8) is 0 Å². The average molecular weight is 187 g/mol. The zero-order chi connectivity index (χ0) is 11.1. The molecule has 0 radical (unpaired) electrons. The van der Waals surface area contributed by atoms with Crippen molar-refractivity contribution >= 4 is 5.78 Å². The van der Waals surface area contributed by atoms with Gasteiger partial charge in [0.25, 0.3) is 0 Å². The van der Waals surface area contributed by atoms with Gasteiger partial charge in [0.2, 0.25) is 5.78 Å². The maximum atomic E-state index is 10.8. The van der Waals surface area contributed by atoms with E-state index in [4.69, 9.17) is 1.41 Å². The highest BCUT2D eigenvalue weighted by Gasteiger charge is 2.15. The summed E-state index contributed by atoms with van der Waals surface area (Å²) in [5, 5.41) is 11.3. The van der Waals surface area contributed by atoms with Crippen LogP contribution < -0.4 is 5.31 Å². The van der Waals surface area contributed by atoms with Crippen LogP contribution in [0.15, 0.2) is 11.9 Å². The molecule has 0 aliphatic heterocycles. The Balaban J connectivity index is 4.41. The molecule has 0 spiro atoms. The van der Waals surface area contributed by atoms with Gasteiger partial charge in [-0.05, 0) is 6.42 Å². The van der Waals surface area contributed by atoms with E-state index in [0.29, 0.717) is 6.54 Å². The molecule has 0 unspecified atom stereocenters. The number of ketones is 1. The number of Topliss-reactive ketones (excluding diaryl/α,β-unsaturated/α-hetero) is 1. The molecule has 0 aliphatic carbocycles. The molecule has 0 aromatic heterocycles. The summed E-state index contributed by atoms with van der Waals surface area (Å²) in [5.74, 6) is -0.635. The summed E-state index contributed by atoms with van der Waals surface area (Å²) >= 11 is 0. The number of nitrogens with one attached hydrogen (secondary N) is 1. The second-order valence-electron chi connectivity index (χ2n) is 2.59. The van der Waals surface area contributed by atoms with Crippen molar-refractivity contribution in [3.8, 4) is 0 Å². The van der Waals surface area contributed by atoms with Gasteiger partial charge >= 0.3 is 5.70 Å². The van der Waals surface area contributed by atoms with Crippen LogP contribution in [0.5, 0.6) is 0 Å². The fourth-order valence-corrected chi connectivity index (χ4v) is 0.667. The SMILES string of the molecule is [2H]N(/C=C(\C(C)=O)[N+](=O)[O-])CCCC. The Morgan fingerprint density at radius 1 is 1.77 bits per heavy atom. The van der Waals surface area contributed by atoms with Gasteiger partial charge in [0, 0.05) is 13.5 Å². The standard InChI is InChI=1S/C8H14N2O3/c1-3-4-5-9-6-8(7(2)11)10(12)13/h6,9H,3-5H2,1-2H3/b8-6+/i/hD. The molecule has 0 amide bonds. The zero-order valence-electron chi connectivity index (χ0n) is 8.82. The topological polar surface area (TPSA) is 72.2 Å². The van der Waals surface area contributed by atoms with E-state index in [9.17, 15) is 14.9 Å². The third-order valence-corrected chi connectivity index (χ3v) is 1.41. The van der Waals surface area contributed by atoms with Crippen molar-refractivity contribution in [2.45, 2.75) is 26.7 Å². The Labute approximate surface area is 78.4 Å². The molecule has 74 valence electrons. The molecule has 5 nitrogen and oxygen atoms in total. The third kappa shape index (κ3) is 4.95. The fraction of sp³-hybridized carbons (Fsp3) is 0.625. The van der Waals surface area contributed by atoms with Gasteiger partial charge < -0.3 is 5.31 Å². The molecule has 0 aromatic carbocycles. The summed E-state index contributed by atoms with van der Waals surface area (Å²) in [6, 6.07) is 0. The Hall–Kier alpha value is -1.39. The first-order valence-electron chi connectivity index (χ1n) is 4.56. The smallest absolute Gasteiger partial charge is 0.327 e. The fourth-order valence-electron chi connectivity index (χ4n) is 0.667. The number of unbranched alkanes of at least 4 members (excludes halogenated alkanes) is 1. The van der Waals surface area contributed by atoms with Gasteiger partial charge in [-0.1, -0.05) is 13.3 Å². The minimum Gasteiger partial charge on any atom is -0.385 e. The third-order valence-electron chi connectivity index (χ3n) is 1.41. The first-order chi connectivity index (χ1) is 6.49. The van der Waals surface area contributed by atoms with Gasteiger partial charge in [0.1, 0.15) is 0 Å². The second-order valence-corrected chi connectivity index (χ2v) is 2.59. The number of rotatable bonds is 6. The van der Waals surface area contributed by atoms with Crippen LogP contribution in [0.25, 0.3) is 0 Å². The Morgan fingerprint density at radius 2 is 2.38 bits per heavy atom. The summed E-state index contributed by atoms with van der Waals surface area (Å²) in [7, 11) is 0. The van der Waals surface area contributed by atoms with E-state index in [1.165, 1.54) is 0 Å². The van der Waals surface area contributed by atoms with Gasteiger partial charge in [-0.2, -0.15) is 0 Å². The quantitative estimate of drug-likeness (QED) is 0.383. The largest absolute Gasteiger partial charge is 0.385 e. The molecular formula is C8H14N2O3. The van der Waals surface area contributed by atoms with Crippen molar-refractivity contribution in [2.75, 3.05) is 6.54 Å². The van der Waals surface area contributed by atoms with E-state index in [2.05, 4.69) is 0 Å². The monoisotopic (exact) mass is 187 g/mol. The predicted molar refractivity (Wildman–Crippen MR) is 48.7 cm³/mol. The van der Waals surface area contributed by atoms with Crippen LogP contribution in [0.2, 0.25) is 1.41 Å². The second kappa shape index (κ2) is 6.16. The van der Waals surface area contributed by atoms with Gasteiger partial charge in [0.05, 0.1) is 11.1 Å². The lowest BCUT2D eigenvalue weighted by Gasteiger charge is -1.97. The van der Waals surface area contributed by atoms with Crippen LogP contribution in [0.3, 0.4) is 0 Å². The van der Waals surface area contributed by atoms with E-state index in [0.717, 1.165) is 31.3 Å². The van der Waals surface area contributed by atoms with Gasteiger partial charge in [-0.3, -0.25) is 14.9 Å². The number of nitrogens with zero attached hydrogens (tertiary/aromatic N) is 1. The molecule has 0 bridgehead atoms. The molecule has 0 saturated heterocycles. The van der Waals surface area contributed by atoms with Crippen LogP contribution in [0, 0.1) is 10.1 Å². The minimum atomic E-state index is -0.768. The van der Waals surface area contributed by atoms with E-state index in [-0.39, 0.29) is 0 Å². The molecule has 13 heavy (non-hydrogen) atoms. The molecule has 0 heterocycles. The maximum Gasteiger partial charge on any atom is 0.327 e. The number of nitro groups is 1. The highest BCUT2D eigenvalue weighted by atomic mass is 16.6. The van der Waals surface area contributed by atoms with Crippen molar-refractivity contribution in [2.24, 2.45) is 0 Å². The van der Waals surface area contributed by atoms with Gasteiger partial charge in [-0.25, -0.2) is 0 Å². The summed E-state index contributed by atoms with van der Waals surface area (Å²) < 4.78 is 7.29. The molecule has 0 saturated carbocycles. The first kappa shape index (κ1) is 9.70. The molecule has 0 aliphatic rings. The zero-order valence-corrected chi connectivity index (χ0v) is 7.82. The van der Waals surface area contributed by atoms with E-state index in [1.807, 2.05) is 6.92 Å². The highest BCUT2D eigenvalue weighted by molar-refractivity contribution is 5.90. The lowest BCUT2D eigenvalue weighted by molar-refractivity contribution is -0.419. The van der Waals surface area contributed by atoms with Crippen LogP contribution in [0.4, 0.5) is 0 Å². The molecule has 0 aromatic rings. The molecular weight excluding hydrogens is 172 g/mol. The van der Waals surface area contributed by atoms with E-state index >= 15 is 0 Å². The number of hydrogen-bond donors (Lipinski definition) is 1. The minimum absolute atomic E-state index is 0.390. The molecule has 0 fully saturated rings. The van der Waals surface area contributed by atoms with Gasteiger partial charge in [-0.15, -0.1) is 0 Å². The maximum absolute atomic E-state index is 10.8. The summed E-state index contributed by atoms with van der Waals surface area (Å²) in [6.45, 7) is 3.46.